The zero-order valence-corrected chi connectivity index (χ0v) is 15.5. The van der Waals surface area contributed by atoms with E-state index in [0.29, 0.717) is 23.5 Å². The van der Waals surface area contributed by atoms with E-state index in [4.69, 9.17) is 9.47 Å². The second-order valence-corrected chi connectivity index (χ2v) is 8.16. The molecule has 1 heterocycles. The average Bonchev–Trinajstić information content (AvgIpc) is 2.95. The molecule has 2 amide bonds. The van der Waals surface area contributed by atoms with Crippen LogP contribution in [0.1, 0.15) is 18.4 Å². The molecule has 1 fully saturated rings. The van der Waals surface area contributed by atoms with Crippen LogP contribution in [0.15, 0.2) is 24.3 Å². The van der Waals surface area contributed by atoms with Crippen molar-refractivity contribution in [2.24, 2.45) is 5.92 Å². The maximum Gasteiger partial charge on any atom is 0.262 e. The Morgan fingerprint density at radius 2 is 2.00 bits per heavy atom. The molecule has 0 saturated carbocycles. The van der Waals surface area contributed by atoms with E-state index in [9.17, 15) is 18.0 Å². The normalized spacial score (nSPS) is 18.5. The highest BCUT2D eigenvalue weighted by Crippen LogP contribution is 2.31. The topological polar surface area (TPSA) is 111 Å². The molecular weight excluding hydrogens is 360 g/mol. The molecule has 8 nitrogen and oxygen atoms in total. The van der Waals surface area contributed by atoms with E-state index >= 15 is 0 Å². The Bertz CT molecular complexity index is 803. The molecule has 0 aliphatic carbocycles. The lowest BCUT2D eigenvalue weighted by Gasteiger charge is -2.10. The van der Waals surface area contributed by atoms with E-state index in [1.165, 1.54) is 26.4 Å². The minimum Gasteiger partial charge on any atom is -0.493 e. The van der Waals surface area contributed by atoms with Crippen LogP contribution in [0.25, 0.3) is 6.08 Å². The van der Waals surface area contributed by atoms with Gasteiger partial charge in [0.1, 0.15) is 0 Å². The first-order valence-electron chi connectivity index (χ1n) is 8.03. The van der Waals surface area contributed by atoms with Gasteiger partial charge >= 0.3 is 0 Å². The number of carbonyl (C=O) groups is 2. The Hall–Kier alpha value is -2.55. The van der Waals surface area contributed by atoms with Crippen molar-refractivity contribution in [2.45, 2.75) is 12.8 Å². The van der Waals surface area contributed by atoms with Crippen LogP contribution in [0.3, 0.4) is 0 Å². The van der Waals surface area contributed by atoms with Gasteiger partial charge in [0, 0.05) is 18.1 Å². The van der Waals surface area contributed by atoms with E-state index in [-0.39, 0.29) is 23.8 Å². The smallest absolute Gasteiger partial charge is 0.262 e. The van der Waals surface area contributed by atoms with Crippen molar-refractivity contribution in [3.05, 3.63) is 29.8 Å². The molecule has 26 heavy (non-hydrogen) atoms. The summed E-state index contributed by atoms with van der Waals surface area (Å²) in [6, 6.07) is 5.25. The lowest BCUT2D eigenvalue weighted by molar-refractivity contribution is -0.127. The number of amides is 2. The number of hydrogen-bond acceptors (Lipinski definition) is 6. The average molecular weight is 382 g/mol. The number of ether oxygens (including phenoxy) is 2. The molecule has 1 atom stereocenters. The molecule has 0 spiro atoms. The number of carbonyl (C=O) groups excluding carboxylic acids is 2. The Kier molecular flexibility index (Phi) is 6.62. The number of nitrogens with one attached hydrogen (secondary N) is 2. The fourth-order valence-corrected chi connectivity index (χ4v) is 4.59. The number of methoxy groups -OCH3 is 2. The first kappa shape index (κ1) is 19.8. The number of benzene rings is 1. The van der Waals surface area contributed by atoms with Crippen LogP contribution in [-0.4, -0.2) is 46.0 Å². The largest absolute Gasteiger partial charge is 0.493 e. The zero-order valence-electron chi connectivity index (χ0n) is 14.7. The highest BCUT2D eigenvalue weighted by molar-refractivity contribution is 7.91. The van der Waals surface area contributed by atoms with Gasteiger partial charge in [0.2, 0.25) is 5.91 Å². The third-order valence-electron chi connectivity index (χ3n) is 3.97. The molecule has 1 aliphatic rings. The lowest BCUT2D eigenvalue weighted by atomic mass is 10.1. The minimum absolute atomic E-state index is 0.0178. The van der Waals surface area contributed by atoms with Crippen LogP contribution >= 0.6 is 0 Å². The molecule has 9 heteroatoms. The molecule has 142 valence electrons. The van der Waals surface area contributed by atoms with Crippen molar-refractivity contribution in [3.8, 4) is 11.5 Å². The Morgan fingerprint density at radius 3 is 2.62 bits per heavy atom. The van der Waals surface area contributed by atoms with Gasteiger partial charge in [0.05, 0.1) is 25.7 Å². The predicted octanol–water partition coefficient (Wildman–Crippen LogP) is 0.689. The second kappa shape index (κ2) is 8.70. The summed E-state index contributed by atoms with van der Waals surface area (Å²) in [4.78, 5) is 23.6. The minimum atomic E-state index is -3.02. The van der Waals surface area contributed by atoms with E-state index in [2.05, 4.69) is 10.9 Å². The lowest BCUT2D eigenvalue weighted by Crippen LogP contribution is -2.41. The number of hydrazine groups is 1. The van der Waals surface area contributed by atoms with E-state index in [1.807, 2.05) is 0 Å². The molecular formula is C17H22N2O6S. The van der Waals surface area contributed by atoms with Gasteiger partial charge in [-0.3, -0.25) is 20.4 Å². The van der Waals surface area contributed by atoms with Crippen LogP contribution in [0.2, 0.25) is 0 Å². The van der Waals surface area contributed by atoms with Gasteiger partial charge in [-0.2, -0.15) is 0 Å². The molecule has 1 aromatic rings. The van der Waals surface area contributed by atoms with Gasteiger partial charge in [-0.1, -0.05) is 12.1 Å². The fourth-order valence-electron chi connectivity index (χ4n) is 2.73. The molecule has 2 rings (SSSR count). The highest BCUT2D eigenvalue weighted by Gasteiger charge is 2.29. The molecule has 0 aromatic heterocycles. The Morgan fingerprint density at radius 1 is 1.23 bits per heavy atom. The summed E-state index contributed by atoms with van der Waals surface area (Å²) in [6.45, 7) is 0. The third-order valence-corrected chi connectivity index (χ3v) is 5.81. The summed E-state index contributed by atoms with van der Waals surface area (Å²) < 4.78 is 33.2. The van der Waals surface area contributed by atoms with Crippen molar-refractivity contribution >= 4 is 27.7 Å². The molecule has 2 N–H and O–H groups in total. The molecule has 0 bridgehead atoms. The number of para-hydroxylation sites is 1. The first-order chi connectivity index (χ1) is 12.3. The van der Waals surface area contributed by atoms with Gasteiger partial charge in [0.15, 0.2) is 21.3 Å². The summed E-state index contributed by atoms with van der Waals surface area (Å²) in [7, 11) is -0.00890. The number of hydrogen-bond donors (Lipinski definition) is 2. The van der Waals surface area contributed by atoms with Crippen molar-refractivity contribution in [1.29, 1.82) is 0 Å². The van der Waals surface area contributed by atoms with Gasteiger partial charge in [-0.05, 0) is 24.5 Å². The summed E-state index contributed by atoms with van der Waals surface area (Å²) >= 11 is 0. The molecule has 0 unspecified atom stereocenters. The summed E-state index contributed by atoms with van der Waals surface area (Å²) in [6.07, 6.45) is 3.32. The SMILES string of the molecule is COc1cccc(/C=C/C(=O)NNC(=O)C[C@@H]2CCS(=O)(=O)C2)c1OC. The molecule has 0 radical (unpaired) electrons. The van der Waals surface area contributed by atoms with Gasteiger partial charge < -0.3 is 9.47 Å². The fraction of sp³-hybridized carbons (Fsp3) is 0.412. The molecule has 1 aliphatic heterocycles. The Balaban J connectivity index is 1.85. The zero-order chi connectivity index (χ0) is 19.2. The van der Waals surface area contributed by atoms with Crippen LogP contribution in [0.4, 0.5) is 0 Å². The number of sulfone groups is 1. The van der Waals surface area contributed by atoms with Crippen molar-refractivity contribution < 1.29 is 27.5 Å². The van der Waals surface area contributed by atoms with Gasteiger partial charge in [-0.15, -0.1) is 0 Å². The summed E-state index contributed by atoms with van der Waals surface area (Å²) in [5.41, 5.74) is 5.19. The maximum absolute atomic E-state index is 11.8. The highest BCUT2D eigenvalue weighted by atomic mass is 32.2. The molecule has 1 saturated heterocycles. The van der Waals surface area contributed by atoms with Gasteiger partial charge in [-0.25, -0.2) is 8.42 Å². The number of rotatable bonds is 6. The van der Waals surface area contributed by atoms with Crippen LogP contribution in [-0.2, 0) is 19.4 Å². The second-order valence-electron chi connectivity index (χ2n) is 5.93. The summed E-state index contributed by atoms with van der Waals surface area (Å²) in [5.74, 6) is 0.00995. The maximum atomic E-state index is 11.8. The van der Waals surface area contributed by atoms with Crippen LogP contribution in [0, 0.1) is 5.92 Å². The van der Waals surface area contributed by atoms with Gasteiger partial charge in [0.25, 0.3) is 5.91 Å². The van der Waals surface area contributed by atoms with Crippen molar-refractivity contribution in [1.82, 2.24) is 10.9 Å². The quantitative estimate of drug-likeness (QED) is 0.553. The monoisotopic (exact) mass is 382 g/mol. The standard InChI is InChI=1S/C17H22N2O6S/c1-24-14-5-3-4-13(17(14)25-2)6-7-15(20)18-19-16(21)10-12-8-9-26(22,23)11-12/h3-7,12H,8-11H2,1-2H3,(H,18,20)(H,19,21)/b7-6+/t12-/m0/s1. The molecule has 1 aromatic carbocycles. The first-order valence-corrected chi connectivity index (χ1v) is 9.85. The van der Waals surface area contributed by atoms with E-state index < -0.39 is 21.7 Å². The van der Waals surface area contributed by atoms with Crippen LogP contribution in [0.5, 0.6) is 11.5 Å². The van der Waals surface area contributed by atoms with E-state index in [1.54, 1.807) is 18.2 Å². The predicted molar refractivity (Wildman–Crippen MR) is 96.2 cm³/mol. The van der Waals surface area contributed by atoms with E-state index in [0.717, 1.165) is 0 Å². The van der Waals surface area contributed by atoms with Crippen molar-refractivity contribution in [3.63, 3.8) is 0 Å². The Labute approximate surface area is 152 Å². The van der Waals surface area contributed by atoms with Crippen molar-refractivity contribution in [2.75, 3.05) is 25.7 Å². The third kappa shape index (κ3) is 5.48. The van der Waals surface area contributed by atoms with Crippen LogP contribution < -0.4 is 20.3 Å². The summed E-state index contributed by atoms with van der Waals surface area (Å²) in [5, 5.41) is 0.